The highest BCUT2D eigenvalue weighted by Gasteiger charge is 2.18. The van der Waals surface area contributed by atoms with Crippen molar-refractivity contribution >= 4 is 54.6 Å². The van der Waals surface area contributed by atoms with E-state index in [0.717, 1.165) is 4.47 Å². The minimum atomic E-state index is -3.79. The van der Waals surface area contributed by atoms with Gasteiger partial charge in [-0.05, 0) is 35.9 Å². The fourth-order valence-electron chi connectivity index (χ4n) is 3.21. The zero-order valence-electron chi connectivity index (χ0n) is 17.4. The van der Waals surface area contributed by atoms with Crippen LogP contribution in [0.4, 0.5) is 11.6 Å². The summed E-state index contributed by atoms with van der Waals surface area (Å²) in [6.45, 7) is -0.427. The first-order valence-electron chi connectivity index (χ1n) is 9.92. The first-order chi connectivity index (χ1) is 16.3. The van der Waals surface area contributed by atoms with Crippen molar-refractivity contribution in [2.24, 2.45) is 0 Å². The van der Waals surface area contributed by atoms with E-state index in [1.54, 1.807) is 30.3 Å². The normalized spacial score (nSPS) is 11.5. The summed E-state index contributed by atoms with van der Waals surface area (Å²) in [5, 5.41) is 22.0. The van der Waals surface area contributed by atoms with Crippen LogP contribution in [0.1, 0.15) is 10.5 Å². The highest BCUT2D eigenvalue weighted by atomic mass is 79.9. The maximum Gasteiger partial charge on any atom is 0.355 e. The van der Waals surface area contributed by atoms with Crippen molar-refractivity contribution < 1.29 is 23.4 Å². The molecular formula is C22H18BrN5O5S. The Morgan fingerprint density at radius 3 is 2.56 bits per heavy atom. The van der Waals surface area contributed by atoms with Gasteiger partial charge in [0.2, 0.25) is 16.0 Å². The molecular weight excluding hydrogens is 526 g/mol. The highest BCUT2D eigenvalue weighted by molar-refractivity contribution is 9.10. The summed E-state index contributed by atoms with van der Waals surface area (Å²) in [6, 6.07) is 14.9. The van der Waals surface area contributed by atoms with Gasteiger partial charge in [-0.3, -0.25) is 0 Å². The first kappa shape index (κ1) is 23.7. The molecule has 2 aromatic heterocycles. The number of hydrogen-bond donors (Lipinski definition) is 4. The standard InChI is InChI=1S/C22H18BrN5O5S/c23-18-7-2-1-6-16(18)17-10-13-12-24-22(28-20(13)27-19(17)21(30)31)26-14-4-3-5-15(11-14)34(32,33)25-8-9-29/h1-7,10-12,25,29H,8-9H2,(H,30,31)(H,24,26,27,28). The molecule has 0 atom stereocenters. The summed E-state index contributed by atoms with van der Waals surface area (Å²) in [4.78, 5) is 24.7. The van der Waals surface area contributed by atoms with Gasteiger partial charge in [-0.1, -0.05) is 40.2 Å². The molecule has 0 aliphatic heterocycles. The molecule has 12 heteroatoms. The summed E-state index contributed by atoms with van der Waals surface area (Å²) in [6.07, 6.45) is 1.51. The third-order valence-electron chi connectivity index (χ3n) is 4.74. The van der Waals surface area contributed by atoms with Crippen molar-refractivity contribution in [2.45, 2.75) is 4.90 Å². The number of carboxylic acids is 1. The molecule has 2 aromatic carbocycles. The quantitative estimate of drug-likeness (QED) is 0.262. The van der Waals surface area contributed by atoms with Crippen molar-refractivity contribution in [3.05, 3.63) is 71.0 Å². The van der Waals surface area contributed by atoms with E-state index in [2.05, 4.69) is 40.9 Å². The molecule has 0 amide bonds. The van der Waals surface area contributed by atoms with Crippen LogP contribution in [0.15, 0.2) is 70.2 Å². The van der Waals surface area contributed by atoms with Crippen LogP contribution in [0.3, 0.4) is 0 Å². The molecule has 0 aliphatic rings. The largest absolute Gasteiger partial charge is 0.476 e. The fourth-order valence-corrected chi connectivity index (χ4v) is 4.77. The number of aromatic carboxylic acids is 1. The van der Waals surface area contributed by atoms with Crippen LogP contribution in [-0.4, -0.2) is 52.7 Å². The van der Waals surface area contributed by atoms with Gasteiger partial charge >= 0.3 is 5.97 Å². The Balaban J connectivity index is 1.70. The predicted molar refractivity (Wildman–Crippen MR) is 129 cm³/mol. The second kappa shape index (κ2) is 9.81. The van der Waals surface area contributed by atoms with Gasteiger partial charge in [0.1, 0.15) is 0 Å². The number of benzene rings is 2. The molecule has 0 saturated carbocycles. The molecule has 174 valence electrons. The molecule has 4 N–H and O–H groups in total. The summed E-state index contributed by atoms with van der Waals surface area (Å²) < 4.78 is 27.6. The summed E-state index contributed by atoms with van der Waals surface area (Å²) in [7, 11) is -3.79. The molecule has 34 heavy (non-hydrogen) atoms. The fraction of sp³-hybridized carbons (Fsp3) is 0.0909. The van der Waals surface area contributed by atoms with Crippen molar-refractivity contribution in [3.63, 3.8) is 0 Å². The van der Waals surface area contributed by atoms with Crippen LogP contribution < -0.4 is 10.0 Å². The number of nitrogens with one attached hydrogen (secondary N) is 2. The van der Waals surface area contributed by atoms with Gasteiger partial charge in [0.15, 0.2) is 11.3 Å². The van der Waals surface area contributed by atoms with E-state index >= 15 is 0 Å². The summed E-state index contributed by atoms with van der Waals surface area (Å²) >= 11 is 3.44. The minimum absolute atomic E-state index is 0.00360. The lowest BCUT2D eigenvalue weighted by Gasteiger charge is -2.11. The number of aliphatic hydroxyl groups excluding tert-OH is 1. The molecule has 10 nitrogen and oxygen atoms in total. The van der Waals surface area contributed by atoms with Gasteiger partial charge in [0, 0.05) is 33.9 Å². The predicted octanol–water partition coefficient (Wildman–Crippen LogP) is 3.17. The van der Waals surface area contributed by atoms with E-state index in [-0.39, 0.29) is 35.3 Å². The Bertz CT molecular complexity index is 1500. The highest BCUT2D eigenvalue weighted by Crippen LogP contribution is 2.32. The van der Waals surface area contributed by atoms with E-state index in [1.807, 2.05) is 12.1 Å². The van der Waals surface area contributed by atoms with Gasteiger partial charge in [0.25, 0.3) is 0 Å². The molecule has 4 aromatic rings. The Hall–Kier alpha value is -3.45. The zero-order chi connectivity index (χ0) is 24.3. The maximum atomic E-state index is 12.3. The zero-order valence-corrected chi connectivity index (χ0v) is 19.8. The molecule has 4 rings (SSSR count). The molecule has 0 aliphatic carbocycles. The number of anilines is 2. The molecule has 0 bridgehead atoms. The maximum absolute atomic E-state index is 12.3. The average molecular weight is 544 g/mol. The Labute approximate surface area is 202 Å². The number of sulfonamides is 1. The van der Waals surface area contributed by atoms with Crippen LogP contribution in [0.5, 0.6) is 0 Å². The molecule has 0 fully saturated rings. The van der Waals surface area contributed by atoms with Crippen molar-refractivity contribution in [1.29, 1.82) is 0 Å². The number of fused-ring (bicyclic) bond motifs is 1. The van der Waals surface area contributed by atoms with E-state index in [4.69, 9.17) is 5.11 Å². The molecule has 2 heterocycles. The third-order valence-corrected chi connectivity index (χ3v) is 6.89. The van der Waals surface area contributed by atoms with Crippen LogP contribution in [-0.2, 0) is 10.0 Å². The number of halogens is 1. The first-order valence-corrected chi connectivity index (χ1v) is 12.2. The number of carboxylic acid groups (broad SMARTS) is 1. The second-order valence-corrected chi connectivity index (χ2v) is 9.67. The van der Waals surface area contributed by atoms with Gasteiger partial charge in [-0.25, -0.2) is 27.9 Å². The van der Waals surface area contributed by atoms with Crippen molar-refractivity contribution in [2.75, 3.05) is 18.5 Å². The number of hydrogen-bond acceptors (Lipinski definition) is 8. The van der Waals surface area contributed by atoms with Crippen LogP contribution in [0.2, 0.25) is 0 Å². The van der Waals surface area contributed by atoms with E-state index in [0.29, 0.717) is 22.2 Å². The lowest BCUT2D eigenvalue weighted by Crippen LogP contribution is -2.26. The van der Waals surface area contributed by atoms with Gasteiger partial charge < -0.3 is 15.5 Å². The number of pyridine rings is 1. The number of aromatic nitrogens is 3. The Kier molecular flexibility index (Phi) is 6.84. The number of nitrogens with zero attached hydrogens (tertiary/aromatic N) is 3. The van der Waals surface area contributed by atoms with Gasteiger partial charge in [-0.15, -0.1) is 0 Å². The molecule has 0 spiro atoms. The molecule has 0 radical (unpaired) electrons. The topological polar surface area (TPSA) is 154 Å². The van der Waals surface area contributed by atoms with Crippen LogP contribution in [0, 0.1) is 0 Å². The van der Waals surface area contributed by atoms with Crippen LogP contribution >= 0.6 is 15.9 Å². The summed E-state index contributed by atoms with van der Waals surface area (Å²) in [5.74, 6) is -1.09. The lowest BCUT2D eigenvalue weighted by atomic mass is 10.0. The monoisotopic (exact) mass is 543 g/mol. The molecule has 0 unspecified atom stereocenters. The third kappa shape index (κ3) is 5.04. The van der Waals surface area contributed by atoms with Crippen molar-refractivity contribution in [1.82, 2.24) is 19.7 Å². The SMILES string of the molecule is O=C(O)c1nc2nc(Nc3cccc(S(=O)(=O)NCCO)c3)ncc2cc1-c1ccccc1Br. The lowest BCUT2D eigenvalue weighted by molar-refractivity contribution is 0.0691. The van der Waals surface area contributed by atoms with Crippen molar-refractivity contribution in [3.8, 4) is 11.1 Å². The smallest absolute Gasteiger partial charge is 0.355 e. The Morgan fingerprint density at radius 2 is 1.82 bits per heavy atom. The minimum Gasteiger partial charge on any atom is -0.476 e. The van der Waals surface area contributed by atoms with E-state index in [1.165, 1.54) is 18.3 Å². The van der Waals surface area contributed by atoms with Gasteiger partial charge in [-0.2, -0.15) is 4.98 Å². The van der Waals surface area contributed by atoms with E-state index < -0.39 is 16.0 Å². The average Bonchev–Trinajstić information content (AvgIpc) is 2.82. The van der Waals surface area contributed by atoms with Crippen LogP contribution in [0.25, 0.3) is 22.2 Å². The summed E-state index contributed by atoms with van der Waals surface area (Å²) in [5.41, 5.74) is 1.50. The van der Waals surface area contributed by atoms with E-state index in [9.17, 15) is 18.3 Å². The number of carbonyl (C=O) groups is 1. The number of rotatable bonds is 8. The second-order valence-electron chi connectivity index (χ2n) is 7.05. The number of aliphatic hydroxyl groups is 1. The van der Waals surface area contributed by atoms with Gasteiger partial charge in [0.05, 0.1) is 11.5 Å². The Morgan fingerprint density at radius 1 is 1.03 bits per heavy atom. The molecule has 0 saturated heterocycles.